The molecule has 18 heavy (non-hydrogen) atoms. The predicted octanol–water partition coefficient (Wildman–Crippen LogP) is 3.05. The number of hydrogen-bond acceptors (Lipinski definition) is 2. The molecule has 4 heteroatoms. The van der Waals surface area contributed by atoms with E-state index in [1.807, 2.05) is 48.5 Å². The zero-order valence-corrected chi connectivity index (χ0v) is 10.3. The minimum absolute atomic E-state index is 0.164. The minimum Gasteiger partial charge on any atom is -0.289 e. The summed E-state index contributed by atoms with van der Waals surface area (Å²) in [6.07, 6.45) is 0.164. The van der Waals surface area contributed by atoms with Crippen molar-refractivity contribution < 1.29 is 10.0 Å². The SMILES string of the molecule is O=C(Cc1ccc(-c2ccc(Cl)cc2)cc1)NO. The van der Waals surface area contributed by atoms with Crippen LogP contribution in [-0.2, 0) is 11.2 Å². The average molecular weight is 262 g/mol. The third-order valence-electron chi connectivity index (χ3n) is 2.62. The number of carbonyl (C=O) groups excluding carboxylic acids is 1. The molecule has 2 rings (SSSR count). The van der Waals surface area contributed by atoms with Crippen LogP contribution in [0.3, 0.4) is 0 Å². The molecule has 0 aromatic heterocycles. The van der Waals surface area contributed by atoms with Gasteiger partial charge in [0.25, 0.3) is 0 Å². The lowest BCUT2D eigenvalue weighted by Crippen LogP contribution is -2.20. The maximum atomic E-state index is 11.0. The van der Waals surface area contributed by atoms with E-state index in [0.29, 0.717) is 5.02 Å². The Balaban J connectivity index is 2.17. The third-order valence-corrected chi connectivity index (χ3v) is 2.87. The van der Waals surface area contributed by atoms with Crippen molar-refractivity contribution in [3.63, 3.8) is 0 Å². The summed E-state index contributed by atoms with van der Waals surface area (Å²) < 4.78 is 0. The van der Waals surface area contributed by atoms with Gasteiger partial charge >= 0.3 is 0 Å². The summed E-state index contributed by atoms with van der Waals surface area (Å²) in [6, 6.07) is 15.1. The van der Waals surface area contributed by atoms with Crippen LogP contribution >= 0.6 is 11.6 Å². The molecule has 0 aliphatic carbocycles. The van der Waals surface area contributed by atoms with E-state index in [2.05, 4.69) is 0 Å². The van der Waals surface area contributed by atoms with E-state index in [0.717, 1.165) is 16.7 Å². The number of rotatable bonds is 3. The second-order valence-corrected chi connectivity index (χ2v) is 4.35. The number of amides is 1. The highest BCUT2D eigenvalue weighted by Gasteiger charge is 2.02. The molecule has 0 saturated carbocycles. The lowest BCUT2D eigenvalue weighted by atomic mass is 10.0. The van der Waals surface area contributed by atoms with Gasteiger partial charge < -0.3 is 0 Å². The maximum absolute atomic E-state index is 11.0. The summed E-state index contributed by atoms with van der Waals surface area (Å²) >= 11 is 5.83. The molecule has 3 nitrogen and oxygen atoms in total. The summed E-state index contributed by atoms with van der Waals surface area (Å²) in [4.78, 5) is 11.0. The molecule has 0 fully saturated rings. The number of hydroxylamine groups is 1. The summed E-state index contributed by atoms with van der Waals surface area (Å²) in [5.41, 5.74) is 4.58. The Bertz CT molecular complexity index is 535. The van der Waals surface area contributed by atoms with Gasteiger partial charge in [-0.05, 0) is 28.8 Å². The van der Waals surface area contributed by atoms with Crippen molar-refractivity contribution in [1.29, 1.82) is 0 Å². The smallest absolute Gasteiger partial charge is 0.247 e. The topological polar surface area (TPSA) is 49.3 Å². The first kappa shape index (κ1) is 12.6. The second-order valence-electron chi connectivity index (χ2n) is 3.92. The first-order valence-corrected chi connectivity index (χ1v) is 5.84. The zero-order chi connectivity index (χ0) is 13.0. The lowest BCUT2D eigenvalue weighted by Gasteiger charge is -2.04. The van der Waals surface area contributed by atoms with Gasteiger partial charge in [0.15, 0.2) is 0 Å². The largest absolute Gasteiger partial charge is 0.289 e. The van der Waals surface area contributed by atoms with Crippen LogP contribution in [-0.4, -0.2) is 11.1 Å². The number of carbonyl (C=O) groups is 1. The summed E-state index contributed by atoms with van der Waals surface area (Å²) in [5, 5.41) is 9.15. The van der Waals surface area contributed by atoms with Crippen LogP contribution in [0.2, 0.25) is 5.02 Å². The Labute approximate surface area is 110 Å². The standard InChI is InChI=1S/C14H12ClNO2/c15-13-7-5-12(6-8-13)11-3-1-10(2-4-11)9-14(17)16-18/h1-8,18H,9H2,(H,16,17). The molecule has 2 aromatic rings. The van der Waals surface area contributed by atoms with Crippen molar-refractivity contribution in [2.45, 2.75) is 6.42 Å². The molecule has 0 atom stereocenters. The lowest BCUT2D eigenvalue weighted by molar-refractivity contribution is -0.128. The molecule has 0 spiro atoms. The zero-order valence-electron chi connectivity index (χ0n) is 9.56. The molecule has 0 bridgehead atoms. The van der Waals surface area contributed by atoms with E-state index in [9.17, 15) is 4.79 Å². The minimum atomic E-state index is -0.422. The fourth-order valence-electron chi connectivity index (χ4n) is 1.68. The van der Waals surface area contributed by atoms with Gasteiger partial charge in [-0.2, -0.15) is 0 Å². The number of benzene rings is 2. The molecule has 0 unspecified atom stereocenters. The normalized spacial score (nSPS) is 10.1. The first-order chi connectivity index (χ1) is 8.69. The predicted molar refractivity (Wildman–Crippen MR) is 70.5 cm³/mol. The molecular formula is C14H12ClNO2. The molecular weight excluding hydrogens is 250 g/mol. The van der Waals surface area contributed by atoms with Crippen LogP contribution in [0.15, 0.2) is 48.5 Å². The Kier molecular flexibility index (Phi) is 3.97. The molecule has 0 aliphatic heterocycles. The van der Waals surface area contributed by atoms with E-state index in [-0.39, 0.29) is 6.42 Å². The molecule has 0 saturated heterocycles. The number of halogens is 1. The number of hydrogen-bond donors (Lipinski definition) is 2. The average Bonchev–Trinajstić information content (AvgIpc) is 2.40. The molecule has 92 valence electrons. The van der Waals surface area contributed by atoms with Crippen LogP contribution in [0.1, 0.15) is 5.56 Å². The van der Waals surface area contributed by atoms with Crippen LogP contribution in [0.4, 0.5) is 0 Å². The number of nitrogens with one attached hydrogen (secondary N) is 1. The van der Waals surface area contributed by atoms with Crippen molar-refractivity contribution in [3.8, 4) is 11.1 Å². The van der Waals surface area contributed by atoms with Crippen LogP contribution < -0.4 is 5.48 Å². The fraction of sp³-hybridized carbons (Fsp3) is 0.0714. The van der Waals surface area contributed by atoms with Gasteiger partial charge in [-0.15, -0.1) is 0 Å². The Hall–Kier alpha value is -1.84. The highest BCUT2D eigenvalue weighted by atomic mass is 35.5. The molecule has 2 N–H and O–H groups in total. The molecule has 2 aromatic carbocycles. The molecule has 1 amide bonds. The van der Waals surface area contributed by atoms with Crippen molar-refractivity contribution in [2.75, 3.05) is 0 Å². The van der Waals surface area contributed by atoms with Crippen molar-refractivity contribution >= 4 is 17.5 Å². The van der Waals surface area contributed by atoms with E-state index < -0.39 is 5.91 Å². The van der Waals surface area contributed by atoms with Crippen molar-refractivity contribution in [3.05, 3.63) is 59.1 Å². The van der Waals surface area contributed by atoms with E-state index in [1.165, 1.54) is 0 Å². The quantitative estimate of drug-likeness (QED) is 0.659. The molecule has 0 heterocycles. The van der Waals surface area contributed by atoms with Gasteiger partial charge in [0.1, 0.15) is 0 Å². The van der Waals surface area contributed by atoms with E-state index >= 15 is 0 Å². The van der Waals surface area contributed by atoms with Gasteiger partial charge in [-0.3, -0.25) is 10.0 Å². The van der Waals surface area contributed by atoms with Gasteiger partial charge in [-0.1, -0.05) is 48.0 Å². The third kappa shape index (κ3) is 3.09. The maximum Gasteiger partial charge on any atom is 0.247 e. The summed E-state index contributed by atoms with van der Waals surface area (Å²) in [5.74, 6) is -0.422. The van der Waals surface area contributed by atoms with Crippen molar-refractivity contribution in [1.82, 2.24) is 5.48 Å². The van der Waals surface area contributed by atoms with Gasteiger partial charge in [0.2, 0.25) is 5.91 Å². The molecule has 0 radical (unpaired) electrons. The van der Waals surface area contributed by atoms with Gasteiger partial charge in [0.05, 0.1) is 6.42 Å². The second kappa shape index (κ2) is 5.67. The Morgan fingerprint density at radius 2 is 1.50 bits per heavy atom. The Morgan fingerprint density at radius 3 is 2.00 bits per heavy atom. The van der Waals surface area contributed by atoms with E-state index in [4.69, 9.17) is 16.8 Å². The molecule has 0 aliphatic rings. The highest BCUT2D eigenvalue weighted by Crippen LogP contribution is 2.21. The highest BCUT2D eigenvalue weighted by molar-refractivity contribution is 6.30. The van der Waals surface area contributed by atoms with Crippen LogP contribution in [0.5, 0.6) is 0 Å². The fourth-order valence-corrected chi connectivity index (χ4v) is 1.81. The van der Waals surface area contributed by atoms with Gasteiger partial charge in [0, 0.05) is 5.02 Å². The Morgan fingerprint density at radius 1 is 1.00 bits per heavy atom. The summed E-state index contributed by atoms with van der Waals surface area (Å²) in [6.45, 7) is 0. The van der Waals surface area contributed by atoms with Crippen LogP contribution in [0.25, 0.3) is 11.1 Å². The van der Waals surface area contributed by atoms with Gasteiger partial charge in [-0.25, -0.2) is 5.48 Å². The monoisotopic (exact) mass is 261 g/mol. The van der Waals surface area contributed by atoms with Crippen molar-refractivity contribution in [2.24, 2.45) is 0 Å². The van der Waals surface area contributed by atoms with E-state index in [1.54, 1.807) is 5.48 Å². The first-order valence-electron chi connectivity index (χ1n) is 5.47. The van der Waals surface area contributed by atoms with Crippen LogP contribution in [0, 0.1) is 0 Å². The summed E-state index contributed by atoms with van der Waals surface area (Å²) in [7, 11) is 0.